The number of rotatable bonds is 6. The number of carbonyl (C=O) groups excluding carboxylic acids is 3. The molecule has 0 spiro atoms. The molecule has 0 bridgehead atoms. The van der Waals surface area contributed by atoms with Crippen molar-refractivity contribution in [2.75, 3.05) is 14.2 Å². The van der Waals surface area contributed by atoms with Gasteiger partial charge in [0.1, 0.15) is 11.8 Å². The minimum Gasteiger partial charge on any atom is -0.467 e. The second-order valence-corrected chi connectivity index (χ2v) is 3.76. The molecule has 5 heteroatoms. The van der Waals surface area contributed by atoms with Gasteiger partial charge in [0.05, 0.1) is 7.11 Å². The maximum absolute atomic E-state index is 11.6. The first-order valence-electron chi connectivity index (χ1n) is 5.23. The zero-order valence-corrected chi connectivity index (χ0v) is 10.3. The zero-order valence-electron chi connectivity index (χ0n) is 10.3. The maximum atomic E-state index is 11.6. The van der Waals surface area contributed by atoms with Gasteiger partial charge < -0.3 is 14.4 Å². The number of carbonyl (C=O) groups is 3. The number of hydrogen-bond acceptors (Lipinski definition) is 4. The number of esters is 1. The monoisotopic (exact) mass is 229 g/mol. The van der Waals surface area contributed by atoms with E-state index in [1.54, 1.807) is 14.0 Å². The smallest absolute Gasteiger partial charge is 0.328 e. The van der Waals surface area contributed by atoms with E-state index in [1.807, 2.05) is 0 Å². The Morgan fingerprint density at radius 1 is 1.25 bits per heavy atom. The number of amides is 1. The van der Waals surface area contributed by atoms with Gasteiger partial charge in [0, 0.05) is 19.9 Å². The van der Waals surface area contributed by atoms with Gasteiger partial charge in [-0.2, -0.15) is 0 Å². The Hall–Kier alpha value is -1.39. The SMILES string of the molecule is COC(=O)C(C)N(C)C(=O)CCCC(C)=O. The van der Waals surface area contributed by atoms with E-state index in [0.29, 0.717) is 12.8 Å². The Bertz CT molecular complexity index is 275. The van der Waals surface area contributed by atoms with Crippen molar-refractivity contribution in [3.63, 3.8) is 0 Å². The van der Waals surface area contributed by atoms with Crippen LogP contribution < -0.4 is 0 Å². The Labute approximate surface area is 95.7 Å². The maximum Gasteiger partial charge on any atom is 0.328 e. The molecule has 0 rings (SSSR count). The number of likely N-dealkylation sites (N-methyl/N-ethyl adjacent to an activating group) is 1. The minimum atomic E-state index is -0.588. The van der Waals surface area contributed by atoms with Crippen LogP contribution >= 0.6 is 0 Å². The molecule has 0 heterocycles. The molecule has 1 unspecified atom stereocenters. The third-order valence-corrected chi connectivity index (χ3v) is 2.44. The summed E-state index contributed by atoms with van der Waals surface area (Å²) >= 11 is 0. The van der Waals surface area contributed by atoms with Crippen molar-refractivity contribution in [2.45, 2.75) is 39.2 Å². The fraction of sp³-hybridized carbons (Fsp3) is 0.727. The first-order valence-corrected chi connectivity index (χ1v) is 5.23. The van der Waals surface area contributed by atoms with Crippen molar-refractivity contribution >= 4 is 17.7 Å². The number of ketones is 1. The molecule has 0 saturated carbocycles. The predicted octanol–water partition coefficient (Wildman–Crippen LogP) is 0.766. The summed E-state index contributed by atoms with van der Waals surface area (Å²) in [7, 11) is 2.84. The lowest BCUT2D eigenvalue weighted by molar-refractivity contribution is -0.151. The van der Waals surface area contributed by atoms with Crippen LogP contribution in [-0.2, 0) is 19.1 Å². The third kappa shape index (κ3) is 4.91. The summed E-state index contributed by atoms with van der Waals surface area (Å²) in [5, 5.41) is 0. The normalized spacial score (nSPS) is 11.8. The standard InChI is InChI=1S/C11H19NO4/c1-8(13)6-5-7-10(14)12(3)9(2)11(15)16-4/h9H,5-7H2,1-4H3. The number of methoxy groups -OCH3 is 1. The number of nitrogens with zero attached hydrogens (tertiary/aromatic N) is 1. The van der Waals surface area contributed by atoms with Gasteiger partial charge in [-0.15, -0.1) is 0 Å². The molecule has 0 aromatic carbocycles. The lowest BCUT2D eigenvalue weighted by atomic mass is 10.1. The molecule has 0 aromatic rings. The Morgan fingerprint density at radius 3 is 2.25 bits per heavy atom. The van der Waals surface area contributed by atoms with Gasteiger partial charge in [-0.25, -0.2) is 4.79 Å². The van der Waals surface area contributed by atoms with Crippen LogP contribution in [0.1, 0.15) is 33.1 Å². The molecular weight excluding hydrogens is 210 g/mol. The van der Waals surface area contributed by atoms with Gasteiger partial charge >= 0.3 is 5.97 Å². The first-order chi connectivity index (χ1) is 7.40. The molecule has 0 radical (unpaired) electrons. The summed E-state index contributed by atoms with van der Waals surface area (Å²) < 4.78 is 4.54. The molecule has 0 aromatic heterocycles. The average Bonchev–Trinajstić information content (AvgIpc) is 2.25. The molecule has 1 atom stereocenters. The van der Waals surface area contributed by atoms with Crippen molar-refractivity contribution in [1.29, 1.82) is 0 Å². The average molecular weight is 229 g/mol. The van der Waals surface area contributed by atoms with Crippen LogP contribution in [-0.4, -0.2) is 42.8 Å². The van der Waals surface area contributed by atoms with Crippen molar-refractivity contribution in [3.8, 4) is 0 Å². The van der Waals surface area contributed by atoms with E-state index in [4.69, 9.17) is 0 Å². The van der Waals surface area contributed by atoms with Crippen molar-refractivity contribution in [2.24, 2.45) is 0 Å². The highest BCUT2D eigenvalue weighted by Gasteiger charge is 2.22. The summed E-state index contributed by atoms with van der Waals surface area (Å²) in [6, 6.07) is -0.588. The molecule has 1 amide bonds. The van der Waals surface area contributed by atoms with Gasteiger partial charge in [0.25, 0.3) is 0 Å². The Kier molecular flexibility index (Phi) is 6.37. The van der Waals surface area contributed by atoms with Crippen molar-refractivity contribution in [1.82, 2.24) is 4.90 Å². The van der Waals surface area contributed by atoms with Gasteiger partial charge in [0.15, 0.2) is 0 Å². The van der Waals surface area contributed by atoms with Crippen LogP contribution in [0.5, 0.6) is 0 Å². The molecule has 0 fully saturated rings. The molecule has 16 heavy (non-hydrogen) atoms. The Balaban J connectivity index is 4.07. The van der Waals surface area contributed by atoms with Gasteiger partial charge in [0.2, 0.25) is 5.91 Å². The number of hydrogen-bond donors (Lipinski definition) is 0. The number of Topliss-reactive ketones (excluding diaryl/α,β-unsaturated/α-hetero) is 1. The van der Waals surface area contributed by atoms with Crippen LogP contribution in [0.2, 0.25) is 0 Å². The molecule has 0 aliphatic carbocycles. The molecule has 0 N–H and O–H groups in total. The molecule has 0 aliphatic rings. The highest BCUT2D eigenvalue weighted by Crippen LogP contribution is 2.04. The van der Waals surface area contributed by atoms with Gasteiger partial charge in [-0.3, -0.25) is 4.79 Å². The molecule has 0 aliphatic heterocycles. The summed E-state index contributed by atoms with van der Waals surface area (Å²) in [5.74, 6) is -0.530. The van der Waals surface area contributed by atoms with Crippen LogP contribution in [0, 0.1) is 0 Å². The third-order valence-electron chi connectivity index (χ3n) is 2.44. The summed E-state index contributed by atoms with van der Waals surface area (Å²) in [6.45, 7) is 3.10. The highest BCUT2D eigenvalue weighted by atomic mass is 16.5. The van der Waals surface area contributed by atoms with Crippen LogP contribution in [0.25, 0.3) is 0 Å². The topological polar surface area (TPSA) is 63.7 Å². The van der Waals surface area contributed by atoms with Crippen LogP contribution in [0.4, 0.5) is 0 Å². The predicted molar refractivity (Wildman–Crippen MR) is 58.8 cm³/mol. The second-order valence-electron chi connectivity index (χ2n) is 3.76. The fourth-order valence-corrected chi connectivity index (χ4v) is 1.21. The number of ether oxygens (including phenoxy) is 1. The first kappa shape index (κ1) is 14.6. The van der Waals surface area contributed by atoms with E-state index in [2.05, 4.69) is 4.74 Å². The van der Waals surface area contributed by atoms with Gasteiger partial charge in [-0.1, -0.05) is 0 Å². The van der Waals surface area contributed by atoms with E-state index >= 15 is 0 Å². The van der Waals surface area contributed by atoms with E-state index in [0.717, 1.165) is 0 Å². The summed E-state index contributed by atoms with van der Waals surface area (Å²) in [6.07, 6.45) is 1.19. The van der Waals surface area contributed by atoms with Crippen LogP contribution in [0.15, 0.2) is 0 Å². The summed E-state index contributed by atoms with van der Waals surface area (Å²) in [5.41, 5.74) is 0. The minimum absolute atomic E-state index is 0.0662. The fourth-order valence-electron chi connectivity index (χ4n) is 1.21. The molecular formula is C11H19NO4. The van der Waals surface area contributed by atoms with Crippen molar-refractivity contribution in [3.05, 3.63) is 0 Å². The quantitative estimate of drug-likeness (QED) is 0.631. The van der Waals surface area contributed by atoms with E-state index in [9.17, 15) is 14.4 Å². The molecule has 5 nitrogen and oxygen atoms in total. The van der Waals surface area contributed by atoms with Crippen LogP contribution in [0.3, 0.4) is 0 Å². The lowest BCUT2D eigenvalue weighted by Gasteiger charge is -2.22. The van der Waals surface area contributed by atoms with E-state index < -0.39 is 12.0 Å². The summed E-state index contributed by atoms with van der Waals surface area (Å²) in [4.78, 5) is 34.8. The van der Waals surface area contributed by atoms with E-state index in [1.165, 1.54) is 18.9 Å². The zero-order chi connectivity index (χ0) is 12.7. The largest absolute Gasteiger partial charge is 0.467 e. The van der Waals surface area contributed by atoms with Crippen molar-refractivity contribution < 1.29 is 19.1 Å². The van der Waals surface area contributed by atoms with Gasteiger partial charge in [-0.05, 0) is 20.3 Å². The second kappa shape index (κ2) is 6.98. The Morgan fingerprint density at radius 2 is 1.81 bits per heavy atom. The highest BCUT2D eigenvalue weighted by molar-refractivity contribution is 5.84. The lowest BCUT2D eigenvalue weighted by Crippen LogP contribution is -2.40. The molecule has 92 valence electrons. The molecule has 0 saturated heterocycles. The van der Waals surface area contributed by atoms with E-state index in [-0.39, 0.29) is 18.1 Å².